The Kier molecular flexibility index (Phi) is 5.23. The molecule has 1 saturated heterocycles. The van der Waals surface area contributed by atoms with E-state index in [0.717, 1.165) is 0 Å². The lowest BCUT2D eigenvalue weighted by atomic mass is 10.0. The predicted octanol–water partition coefficient (Wildman–Crippen LogP) is 1.61. The number of carbonyl (C=O) groups is 2. The molecule has 5 nitrogen and oxygen atoms in total. The molecule has 0 aliphatic carbocycles. The molecule has 1 heterocycles. The minimum absolute atomic E-state index is 0.0256. The summed E-state index contributed by atoms with van der Waals surface area (Å²) in [6.07, 6.45) is 1.29. The van der Waals surface area contributed by atoms with Gasteiger partial charge in [-0.1, -0.05) is 12.1 Å². The van der Waals surface area contributed by atoms with Crippen molar-refractivity contribution in [3.05, 3.63) is 29.8 Å². The highest BCUT2D eigenvalue weighted by atomic mass is 32.1. The third-order valence-corrected chi connectivity index (χ3v) is 3.91. The summed E-state index contributed by atoms with van der Waals surface area (Å²) in [6, 6.07) is 9.10. The van der Waals surface area contributed by atoms with Gasteiger partial charge >= 0.3 is 0 Å². The van der Waals surface area contributed by atoms with Crippen LogP contribution in [0.2, 0.25) is 0 Å². The van der Waals surface area contributed by atoms with Crippen LogP contribution >= 0.6 is 12.6 Å². The molecule has 0 unspecified atom stereocenters. The van der Waals surface area contributed by atoms with Crippen molar-refractivity contribution in [3.8, 4) is 6.07 Å². The van der Waals surface area contributed by atoms with Crippen molar-refractivity contribution in [1.29, 1.82) is 5.26 Å². The molecule has 0 aromatic heterocycles. The van der Waals surface area contributed by atoms with Gasteiger partial charge in [0.25, 0.3) is 5.91 Å². The van der Waals surface area contributed by atoms with Crippen molar-refractivity contribution in [1.82, 2.24) is 10.2 Å². The number of nitrogens with zero attached hydrogens (tertiary/aromatic N) is 2. The minimum Gasteiger partial charge on any atom is -0.352 e. The molecule has 0 bridgehead atoms. The first-order chi connectivity index (χ1) is 10.1. The van der Waals surface area contributed by atoms with Gasteiger partial charge in [0, 0.05) is 24.0 Å². The highest BCUT2D eigenvalue weighted by molar-refractivity contribution is 7.80. The number of amides is 2. The smallest absolute Gasteiger partial charge is 0.254 e. The number of carbonyl (C=O) groups excluding carboxylic acids is 2. The zero-order valence-electron chi connectivity index (χ0n) is 11.6. The molecule has 0 saturated carbocycles. The molecule has 0 spiro atoms. The molecule has 1 aliphatic rings. The molecule has 0 atom stereocenters. The maximum absolute atomic E-state index is 12.4. The molecule has 1 N–H and O–H groups in total. The molecule has 1 aromatic rings. The third kappa shape index (κ3) is 3.99. The van der Waals surface area contributed by atoms with Crippen LogP contribution in [0.5, 0.6) is 0 Å². The quantitative estimate of drug-likeness (QED) is 0.833. The molecule has 2 rings (SSSR count). The summed E-state index contributed by atoms with van der Waals surface area (Å²) in [5.74, 6) is -0.273. The Morgan fingerprint density at radius 1 is 1.33 bits per heavy atom. The zero-order valence-corrected chi connectivity index (χ0v) is 12.5. The average Bonchev–Trinajstić information content (AvgIpc) is 2.48. The van der Waals surface area contributed by atoms with Crippen molar-refractivity contribution in [2.75, 3.05) is 13.1 Å². The van der Waals surface area contributed by atoms with Crippen LogP contribution in [-0.2, 0) is 4.79 Å². The molecular formula is C15H17N3O2S. The first-order valence-corrected chi connectivity index (χ1v) is 7.30. The molecule has 0 radical (unpaired) electrons. The number of piperidine rings is 1. The molecule has 6 heteroatoms. The van der Waals surface area contributed by atoms with Gasteiger partial charge in [-0.15, -0.1) is 12.6 Å². The molecule has 1 aromatic carbocycles. The van der Waals surface area contributed by atoms with Crippen LogP contribution in [0.1, 0.15) is 29.6 Å². The molecular weight excluding hydrogens is 286 g/mol. The van der Waals surface area contributed by atoms with E-state index >= 15 is 0 Å². The fourth-order valence-electron chi connectivity index (χ4n) is 2.40. The van der Waals surface area contributed by atoms with Gasteiger partial charge in [0.1, 0.15) is 6.42 Å². The lowest BCUT2D eigenvalue weighted by Gasteiger charge is -2.32. The number of rotatable bonds is 3. The summed E-state index contributed by atoms with van der Waals surface area (Å²) < 4.78 is 0. The number of benzene rings is 1. The normalized spacial score (nSPS) is 15.3. The maximum atomic E-state index is 12.4. The van der Waals surface area contributed by atoms with Gasteiger partial charge in [-0.3, -0.25) is 9.59 Å². The Morgan fingerprint density at radius 3 is 2.62 bits per heavy atom. The Bertz CT molecular complexity index is 575. The van der Waals surface area contributed by atoms with Gasteiger partial charge in [0.15, 0.2) is 0 Å². The van der Waals surface area contributed by atoms with Gasteiger partial charge in [-0.25, -0.2) is 0 Å². The zero-order chi connectivity index (χ0) is 15.2. The van der Waals surface area contributed by atoms with E-state index in [4.69, 9.17) is 5.26 Å². The molecule has 1 fully saturated rings. The van der Waals surface area contributed by atoms with E-state index in [0.29, 0.717) is 36.4 Å². The van der Waals surface area contributed by atoms with Gasteiger partial charge in [0.2, 0.25) is 5.91 Å². The van der Waals surface area contributed by atoms with Crippen molar-refractivity contribution >= 4 is 24.4 Å². The Balaban J connectivity index is 1.90. The minimum atomic E-state index is -0.247. The van der Waals surface area contributed by atoms with Crippen LogP contribution in [0.25, 0.3) is 0 Å². The second-order valence-electron chi connectivity index (χ2n) is 4.99. The first kappa shape index (κ1) is 15.4. The van der Waals surface area contributed by atoms with E-state index in [-0.39, 0.29) is 24.3 Å². The summed E-state index contributed by atoms with van der Waals surface area (Å²) in [5.41, 5.74) is 0.604. The fourth-order valence-corrected chi connectivity index (χ4v) is 2.66. The van der Waals surface area contributed by atoms with Gasteiger partial charge < -0.3 is 10.2 Å². The third-order valence-electron chi connectivity index (χ3n) is 3.52. The van der Waals surface area contributed by atoms with E-state index in [2.05, 4.69) is 17.9 Å². The number of hydrogen-bond donors (Lipinski definition) is 2. The average molecular weight is 303 g/mol. The Labute approximate surface area is 129 Å². The molecule has 21 heavy (non-hydrogen) atoms. The monoisotopic (exact) mass is 303 g/mol. The topological polar surface area (TPSA) is 73.2 Å². The summed E-state index contributed by atoms with van der Waals surface area (Å²) in [4.78, 5) is 26.2. The number of likely N-dealkylation sites (tertiary alicyclic amines) is 1. The summed E-state index contributed by atoms with van der Waals surface area (Å²) in [6.45, 7) is 1.19. The number of nitrogens with one attached hydrogen (secondary N) is 1. The Hall–Kier alpha value is -2.00. The van der Waals surface area contributed by atoms with Crippen LogP contribution in [0.15, 0.2) is 29.2 Å². The first-order valence-electron chi connectivity index (χ1n) is 6.85. The summed E-state index contributed by atoms with van der Waals surface area (Å²) >= 11 is 4.31. The van der Waals surface area contributed by atoms with Crippen LogP contribution in [-0.4, -0.2) is 35.8 Å². The second-order valence-corrected chi connectivity index (χ2v) is 5.47. The Morgan fingerprint density at radius 2 is 2.00 bits per heavy atom. The summed E-state index contributed by atoms with van der Waals surface area (Å²) in [7, 11) is 0. The SMILES string of the molecule is N#CCC(=O)NC1CCN(C(=O)c2ccccc2S)CC1. The highest BCUT2D eigenvalue weighted by Crippen LogP contribution is 2.18. The largest absolute Gasteiger partial charge is 0.352 e. The number of hydrogen-bond acceptors (Lipinski definition) is 4. The molecule has 110 valence electrons. The van der Waals surface area contributed by atoms with Crippen molar-refractivity contribution < 1.29 is 9.59 Å². The lowest BCUT2D eigenvalue weighted by molar-refractivity contribution is -0.121. The van der Waals surface area contributed by atoms with Crippen molar-refractivity contribution in [3.63, 3.8) is 0 Å². The standard InChI is InChI=1S/C15H17N3O2S/c16-8-5-14(19)17-11-6-9-18(10-7-11)15(20)12-3-1-2-4-13(12)21/h1-4,11,21H,5-7,9-10H2,(H,17,19). The highest BCUT2D eigenvalue weighted by Gasteiger charge is 2.25. The van der Waals surface area contributed by atoms with E-state index in [1.54, 1.807) is 17.0 Å². The number of thiol groups is 1. The lowest BCUT2D eigenvalue weighted by Crippen LogP contribution is -2.46. The van der Waals surface area contributed by atoms with Crippen LogP contribution < -0.4 is 5.32 Å². The number of nitriles is 1. The van der Waals surface area contributed by atoms with Gasteiger partial charge in [-0.05, 0) is 25.0 Å². The van der Waals surface area contributed by atoms with Crippen LogP contribution in [0.3, 0.4) is 0 Å². The second kappa shape index (κ2) is 7.14. The fraction of sp³-hybridized carbons (Fsp3) is 0.400. The molecule has 1 aliphatic heterocycles. The van der Waals surface area contributed by atoms with E-state index in [1.165, 1.54) is 0 Å². The van der Waals surface area contributed by atoms with Gasteiger partial charge in [-0.2, -0.15) is 5.26 Å². The predicted molar refractivity (Wildman–Crippen MR) is 81.0 cm³/mol. The summed E-state index contributed by atoms with van der Waals surface area (Å²) in [5, 5.41) is 11.3. The molecule has 2 amide bonds. The van der Waals surface area contributed by atoms with Crippen LogP contribution in [0.4, 0.5) is 0 Å². The van der Waals surface area contributed by atoms with E-state index in [9.17, 15) is 9.59 Å². The maximum Gasteiger partial charge on any atom is 0.254 e. The van der Waals surface area contributed by atoms with E-state index in [1.807, 2.05) is 18.2 Å². The van der Waals surface area contributed by atoms with Gasteiger partial charge in [0.05, 0.1) is 11.6 Å². The van der Waals surface area contributed by atoms with Crippen molar-refractivity contribution in [2.45, 2.75) is 30.2 Å². The van der Waals surface area contributed by atoms with Crippen molar-refractivity contribution in [2.24, 2.45) is 0 Å². The van der Waals surface area contributed by atoms with E-state index < -0.39 is 0 Å². The van der Waals surface area contributed by atoms with Crippen LogP contribution in [0, 0.1) is 11.3 Å².